The molecule has 1 N–H and O–H groups in total. The van der Waals surface area contributed by atoms with E-state index in [1.165, 1.54) is 5.56 Å². The minimum Gasteiger partial charge on any atom is -0.484 e. The van der Waals surface area contributed by atoms with Gasteiger partial charge >= 0.3 is 0 Å². The highest BCUT2D eigenvalue weighted by molar-refractivity contribution is 6.42. The first kappa shape index (κ1) is 29.5. The fourth-order valence-corrected chi connectivity index (χ4v) is 4.35. The molecule has 0 saturated heterocycles. The maximum atomic E-state index is 13.7. The molecule has 0 heterocycles. The van der Waals surface area contributed by atoms with Crippen LogP contribution in [0, 0.1) is 0 Å². The van der Waals surface area contributed by atoms with Crippen LogP contribution in [0.15, 0.2) is 72.8 Å². The number of rotatable bonds is 11. The molecule has 0 aliphatic carbocycles. The van der Waals surface area contributed by atoms with Gasteiger partial charge in [0, 0.05) is 19.5 Å². The molecule has 3 aromatic carbocycles. The lowest BCUT2D eigenvalue weighted by Crippen LogP contribution is -2.51. The van der Waals surface area contributed by atoms with Crippen molar-refractivity contribution in [2.75, 3.05) is 13.2 Å². The Balaban J connectivity index is 1.88. The normalized spacial score (nSPS) is 12.1. The molecule has 0 aromatic heterocycles. The molecule has 0 spiro atoms. The zero-order valence-electron chi connectivity index (χ0n) is 22.5. The zero-order valence-corrected chi connectivity index (χ0v) is 24.0. The summed E-state index contributed by atoms with van der Waals surface area (Å²) >= 11 is 12.4. The first-order valence-corrected chi connectivity index (χ1v) is 13.6. The molecule has 3 aromatic rings. The molecule has 3 rings (SSSR count). The number of amides is 2. The third-order valence-corrected chi connectivity index (χ3v) is 6.98. The predicted molar refractivity (Wildman–Crippen MR) is 155 cm³/mol. The zero-order chi connectivity index (χ0) is 27.7. The molecule has 0 aliphatic rings. The summed E-state index contributed by atoms with van der Waals surface area (Å²) in [4.78, 5) is 28.6. The van der Waals surface area contributed by atoms with Gasteiger partial charge in [0.15, 0.2) is 6.61 Å². The molecule has 2 amide bonds. The van der Waals surface area contributed by atoms with E-state index >= 15 is 0 Å². The second-order valence-corrected chi connectivity index (χ2v) is 11.1. The molecule has 0 bridgehead atoms. The van der Waals surface area contributed by atoms with Gasteiger partial charge in [-0.1, -0.05) is 99.4 Å². The average Bonchev–Trinajstić information content (AvgIpc) is 2.90. The van der Waals surface area contributed by atoms with Crippen molar-refractivity contribution in [1.82, 2.24) is 10.2 Å². The summed E-state index contributed by atoms with van der Waals surface area (Å²) in [5, 5.41) is 3.79. The van der Waals surface area contributed by atoms with Gasteiger partial charge in [-0.15, -0.1) is 0 Å². The number of ether oxygens (including phenoxy) is 1. The average molecular weight is 556 g/mol. The van der Waals surface area contributed by atoms with Gasteiger partial charge in [-0.25, -0.2) is 0 Å². The van der Waals surface area contributed by atoms with E-state index in [2.05, 4.69) is 26.1 Å². The van der Waals surface area contributed by atoms with Crippen LogP contribution in [0.25, 0.3) is 0 Å². The lowest BCUT2D eigenvalue weighted by atomic mass is 9.87. The standard InChI is InChI=1S/C31H36Cl2N2O3/c1-5-17-34-30(37)28(19-22-9-7-6-8-10-22)35(20-23-11-16-26(32)27(33)18-23)29(36)21-38-25-14-12-24(13-15-25)31(2,3)4/h6-16,18,28H,5,17,19-21H2,1-4H3,(H,34,37)/t28-/m1/s1. The fourth-order valence-electron chi connectivity index (χ4n) is 4.03. The number of nitrogens with one attached hydrogen (secondary N) is 1. The Morgan fingerprint density at radius 3 is 2.21 bits per heavy atom. The van der Waals surface area contributed by atoms with Crippen LogP contribution in [0.1, 0.15) is 50.8 Å². The third kappa shape index (κ3) is 8.50. The molecule has 0 saturated carbocycles. The van der Waals surface area contributed by atoms with Crippen molar-refractivity contribution in [1.29, 1.82) is 0 Å². The summed E-state index contributed by atoms with van der Waals surface area (Å²) in [6, 6.07) is 21.9. The number of hydrogen-bond acceptors (Lipinski definition) is 3. The number of nitrogens with zero attached hydrogens (tertiary/aromatic N) is 1. The molecule has 0 radical (unpaired) electrons. The van der Waals surface area contributed by atoms with Crippen molar-refractivity contribution >= 4 is 35.0 Å². The molecule has 0 fully saturated rings. The maximum Gasteiger partial charge on any atom is 0.261 e. The van der Waals surface area contributed by atoms with Gasteiger partial charge in [0.25, 0.3) is 5.91 Å². The van der Waals surface area contributed by atoms with Crippen LogP contribution in [-0.4, -0.2) is 35.9 Å². The van der Waals surface area contributed by atoms with Crippen molar-refractivity contribution in [2.45, 2.75) is 58.5 Å². The van der Waals surface area contributed by atoms with E-state index in [1.54, 1.807) is 17.0 Å². The first-order chi connectivity index (χ1) is 18.1. The van der Waals surface area contributed by atoms with Crippen molar-refractivity contribution in [3.05, 3.63) is 99.5 Å². The largest absolute Gasteiger partial charge is 0.484 e. The Morgan fingerprint density at radius 2 is 1.61 bits per heavy atom. The van der Waals surface area contributed by atoms with Crippen LogP contribution in [0.3, 0.4) is 0 Å². The highest BCUT2D eigenvalue weighted by atomic mass is 35.5. The summed E-state index contributed by atoms with van der Waals surface area (Å²) < 4.78 is 5.89. The molecule has 5 nitrogen and oxygen atoms in total. The molecule has 38 heavy (non-hydrogen) atoms. The molecular formula is C31H36Cl2N2O3. The number of hydrogen-bond donors (Lipinski definition) is 1. The summed E-state index contributed by atoms with van der Waals surface area (Å²) in [5.74, 6) is 0.0816. The van der Waals surface area contributed by atoms with Crippen molar-refractivity contribution < 1.29 is 14.3 Å². The minimum absolute atomic E-state index is 0.0154. The highest BCUT2D eigenvalue weighted by Gasteiger charge is 2.30. The van der Waals surface area contributed by atoms with Gasteiger partial charge in [-0.05, 0) is 52.8 Å². The van der Waals surface area contributed by atoms with Gasteiger partial charge in [0.2, 0.25) is 5.91 Å². The summed E-state index contributed by atoms with van der Waals surface area (Å²) in [5.41, 5.74) is 2.91. The number of benzene rings is 3. The first-order valence-electron chi connectivity index (χ1n) is 12.9. The van der Waals surface area contributed by atoms with E-state index in [-0.39, 0.29) is 30.4 Å². The second-order valence-electron chi connectivity index (χ2n) is 10.3. The number of halogens is 2. The van der Waals surface area contributed by atoms with E-state index in [1.807, 2.05) is 67.6 Å². The highest BCUT2D eigenvalue weighted by Crippen LogP contribution is 2.26. The predicted octanol–water partition coefficient (Wildman–Crippen LogP) is 6.84. The smallest absolute Gasteiger partial charge is 0.261 e. The van der Waals surface area contributed by atoms with E-state index in [0.717, 1.165) is 17.5 Å². The van der Waals surface area contributed by atoms with Crippen LogP contribution in [0.4, 0.5) is 0 Å². The van der Waals surface area contributed by atoms with Gasteiger partial charge in [-0.2, -0.15) is 0 Å². The Kier molecular flexibility index (Phi) is 10.6. The summed E-state index contributed by atoms with van der Waals surface area (Å²) in [6.45, 7) is 8.91. The lowest BCUT2D eigenvalue weighted by molar-refractivity contribution is -0.142. The second kappa shape index (κ2) is 13.7. The van der Waals surface area contributed by atoms with Crippen molar-refractivity contribution in [3.63, 3.8) is 0 Å². The fraction of sp³-hybridized carbons (Fsp3) is 0.355. The van der Waals surface area contributed by atoms with Crippen LogP contribution in [0.5, 0.6) is 5.75 Å². The van der Waals surface area contributed by atoms with Gasteiger partial charge in [-0.3, -0.25) is 9.59 Å². The van der Waals surface area contributed by atoms with Gasteiger partial charge < -0.3 is 15.0 Å². The van der Waals surface area contributed by atoms with Gasteiger partial charge in [0.05, 0.1) is 10.0 Å². The molecule has 202 valence electrons. The van der Waals surface area contributed by atoms with Crippen molar-refractivity contribution in [2.24, 2.45) is 0 Å². The number of carbonyl (C=O) groups is 2. The lowest BCUT2D eigenvalue weighted by Gasteiger charge is -2.31. The third-order valence-electron chi connectivity index (χ3n) is 6.24. The van der Waals surface area contributed by atoms with Crippen molar-refractivity contribution in [3.8, 4) is 5.75 Å². The van der Waals surface area contributed by atoms with Crippen LogP contribution < -0.4 is 10.1 Å². The molecular weight excluding hydrogens is 519 g/mol. The monoisotopic (exact) mass is 554 g/mol. The SMILES string of the molecule is CCCNC(=O)[C@@H](Cc1ccccc1)N(Cc1ccc(Cl)c(Cl)c1)C(=O)COc1ccc(C(C)(C)C)cc1. The Labute approximate surface area is 236 Å². The van der Waals surface area contributed by atoms with E-state index < -0.39 is 6.04 Å². The summed E-state index contributed by atoms with van der Waals surface area (Å²) in [7, 11) is 0. The summed E-state index contributed by atoms with van der Waals surface area (Å²) in [6.07, 6.45) is 1.15. The van der Waals surface area contributed by atoms with Crippen LogP contribution in [-0.2, 0) is 28.0 Å². The number of carbonyl (C=O) groups excluding carboxylic acids is 2. The van der Waals surface area contributed by atoms with Crippen LogP contribution >= 0.6 is 23.2 Å². The Hall–Kier alpha value is -3.02. The maximum absolute atomic E-state index is 13.7. The van der Waals surface area contributed by atoms with E-state index in [0.29, 0.717) is 28.8 Å². The topological polar surface area (TPSA) is 58.6 Å². The minimum atomic E-state index is -0.738. The van der Waals surface area contributed by atoms with E-state index in [4.69, 9.17) is 27.9 Å². The molecule has 1 atom stereocenters. The molecule has 0 unspecified atom stereocenters. The van der Waals surface area contributed by atoms with Gasteiger partial charge in [0.1, 0.15) is 11.8 Å². The quantitative estimate of drug-likeness (QED) is 0.282. The Bertz CT molecular complexity index is 1210. The molecule has 7 heteroatoms. The Morgan fingerprint density at radius 1 is 0.921 bits per heavy atom. The van der Waals surface area contributed by atoms with E-state index in [9.17, 15) is 9.59 Å². The van der Waals surface area contributed by atoms with Crippen LogP contribution in [0.2, 0.25) is 10.0 Å². The molecule has 0 aliphatic heterocycles.